The van der Waals surface area contributed by atoms with E-state index in [0.717, 1.165) is 56.9 Å². The zero-order valence-electron chi connectivity index (χ0n) is 34.9. The van der Waals surface area contributed by atoms with Gasteiger partial charge in [-0.15, -0.1) is 0 Å². The molecule has 0 fully saturated rings. The van der Waals surface area contributed by atoms with E-state index in [-0.39, 0.29) is 33.0 Å². The predicted molar refractivity (Wildman–Crippen MR) is 236 cm³/mol. The fraction of sp³-hybridized carbons (Fsp3) is 0.520. The van der Waals surface area contributed by atoms with Crippen LogP contribution in [0.25, 0.3) is 43.1 Å². The highest BCUT2D eigenvalue weighted by Gasteiger charge is 2.30. The Morgan fingerprint density at radius 1 is 0.345 bits per heavy atom. The van der Waals surface area contributed by atoms with E-state index in [0.29, 0.717) is 50.7 Å². The first kappa shape index (κ1) is 44.4. The molecule has 4 N–H and O–H groups in total. The minimum Gasteiger partial charge on any atom is -0.478 e. The third-order valence-electron chi connectivity index (χ3n) is 12.4. The van der Waals surface area contributed by atoms with Gasteiger partial charge in [0.15, 0.2) is 0 Å². The number of hydrogen-bond acceptors (Lipinski definition) is 4. The van der Waals surface area contributed by atoms with Crippen molar-refractivity contribution in [3.63, 3.8) is 0 Å². The third kappa shape index (κ3) is 10.3. The summed E-state index contributed by atoms with van der Waals surface area (Å²) < 4.78 is 0. The van der Waals surface area contributed by atoms with E-state index < -0.39 is 23.9 Å². The van der Waals surface area contributed by atoms with E-state index in [1.54, 1.807) is 18.2 Å². The van der Waals surface area contributed by atoms with Gasteiger partial charge in [-0.3, -0.25) is 0 Å². The Bertz CT molecular complexity index is 2180. The number of benzene rings is 5. The normalized spacial score (nSPS) is 11.8. The van der Waals surface area contributed by atoms with E-state index in [1.807, 2.05) is 0 Å². The molecule has 0 atom stereocenters. The Labute approximate surface area is 343 Å². The molecule has 5 rings (SSSR count). The van der Waals surface area contributed by atoms with Crippen molar-refractivity contribution in [2.45, 2.75) is 168 Å². The topological polar surface area (TPSA) is 149 Å². The number of carboxylic acid groups (broad SMARTS) is 4. The Hall–Kier alpha value is -4.72. The molecule has 0 aromatic heterocycles. The fourth-order valence-corrected chi connectivity index (χ4v) is 9.43. The number of carboxylic acids is 4. The molecule has 0 saturated heterocycles. The summed E-state index contributed by atoms with van der Waals surface area (Å²) in [6.07, 6.45) is 26.4. The van der Waals surface area contributed by atoms with Crippen molar-refractivity contribution >= 4 is 67.0 Å². The van der Waals surface area contributed by atoms with E-state index >= 15 is 0 Å². The molecule has 0 aliphatic rings. The van der Waals surface area contributed by atoms with E-state index in [2.05, 4.69) is 13.8 Å². The first-order chi connectivity index (χ1) is 28.1. The molecule has 0 heterocycles. The standard InChI is InChI=1S/C50H64O8/c1-3-5-7-9-11-13-15-17-19-21-23-25-33-34(26-24-22-20-18-16-14-12-10-8-6-4-2)46(50(57)58)45-40(49(55)56)31-28-36-35-27-30-38(47(51)52)43-39(48(53)54)32-29-37(41(35)43)42(33)44(36)45/h27-32H,3-26H2,1-2H3,(H,51,52)(H,53,54)(H,55,56)(H,57,58). The van der Waals surface area contributed by atoms with Gasteiger partial charge in [0.1, 0.15) is 0 Å². The number of rotatable bonds is 28. The molecular formula is C50H64O8. The monoisotopic (exact) mass is 792 g/mol. The number of aromatic carboxylic acids is 4. The van der Waals surface area contributed by atoms with Crippen molar-refractivity contribution in [3.8, 4) is 0 Å². The van der Waals surface area contributed by atoms with Gasteiger partial charge in [-0.25, -0.2) is 19.2 Å². The first-order valence-electron chi connectivity index (χ1n) is 22.3. The summed E-state index contributed by atoms with van der Waals surface area (Å²) in [7, 11) is 0. The number of unbranched alkanes of at least 4 members (excludes halogenated alkanes) is 20. The van der Waals surface area contributed by atoms with Crippen molar-refractivity contribution in [1.82, 2.24) is 0 Å². The summed E-state index contributed by atoms with van der Waals surface area (Å²) >= 11 is 0. The van der Waals surface area contributed by atoms with Crippen LogP contribution in [-0.2, 0) is 12.8 Å². The summed E-state index contributed by atoms with van der Waals surface area (Å²) in [5, 5.41) is 45.9. The largest absolute Gasteiger partial charge is 0.478 e. The second-order valence-corrected chi connectivity index (χ2v) is 16.5. The highest BCUT2D eigenvalue weighted by atomic mass is 16.4. The van der Waals surface area contributed by atoms with Gasteiger partial charge in [-0.2, -0.15) is 0 Å². The third-order valence-corrected chi connectivity index (χ3v) is 12.4. The molecule has 8 nitrogen and oxygen atoms in total. The van der Waals surface area contributed by atoms with Crippen LogP contribution < -0.4 is 0 Å². The average Bonchev–Trinajstić information content (AvgIpc) is 3.20. The molecule has 0 aliphatic heterocycles. The molecule has 5 aromatic rings. The Balaban J connectivity index is 1.60. The van der Waals surface area contributed by atoms with E-state index in [1.165, 1.54) is 108 Å². The average molecular weight is 793 g/mol. The molecule has 0 spiro atoms. The van der Waals surface area contributed by atoms with Crippen LogP contribution in [0.15, 0.2) is 36.4 Å². The van der Waals surface area contributed by atoms with Crippen molar-refractivity contribution in [3.05, 3.63) is 69.8 Å². The maximum absolute atomic E-state index is 13.5. The molecule has 0 saturated carbocycles. The van der Waals surface area contributed by atoms with Crippen molar-refractivity contribution in [2.75, 3.05) is 0 Å². The lowest BCUT2D eigenvalue weighted by atomic mass is 9.78. The Kier molecular flexibility index (Phi) is 16.7. The molecule has 0 bridgehead atoms. The zero-order chi connectivity index (χ0) is 41.6. The SMILES string of the molecule is CCCCCCCCCCCCCc1c(C(=O)O)c2c(C(=O)O)ccc3c4ccc(C(=O)O)c5c(C(=O)O)ccc(c(c1CCCCCCCCCCCCC)c23)c54. The molecule has 58 heavy (non-hydrogen) atoms. The van der Waals surface area contributed by atoms with Crippen LogP contribution in [0.1, 0.15) is 208 Å². The predicted octanol–water partition coefficient (Wildman–Crippen LogP) is 14.2. The van der Waals surface area contributed by atoms with Gasteiger partial charge in [0.25, 0.3) is 0 Å². The van der Waals surface area contributed by atoms with Gasteiger partial charge in [-0.1, -0.05) is 160 Å². The Morgan fingerprint density at radius 2 is 0.690 bits per heavy atom. The number of hydrogen-bond donors (Lipinski definition) is 4. The minimum absolute atomic E-state index is 0.0344. The van der Waals surface area contributed by atoms with Crippen molar-refractivity contribution < 1.29 is 39.6 Å². The van der Waals surface area contributed by atoms with Crippen LogP contribution in [0, 0.1) is 0 Å². The van der Waals surface area contributed by atoms with Crippen molar-refractivity contribution in [2.24, 2.45) is 0 Å². The van der Waals surface area contributed by atoms with E-state index in [9.17, 15) is 39.6 Å². The molecule has 0 aliphatic carbocycles. The smallest absolute Gasteiger partial charge is 0.336 e. The van der Waals surface area contributed by atoms with Crippen LogP contribution in [-0.4, -0.2) is 44.3 Å². The summed E-state index contributed by atoms with van der Waals surface area (Å²) in [6, 6.07) is 9.29. The second kappa shape index (κ2) is 21.9. The van der Waals surface area contributed by atoms with Gasteiger partial charge in [0, 0.05) is 10.8 Å². The van der Waals surface area contributed by atoms with E-state index in [4.69, 9.17) is 0 Å². The van der Waals surface area contributed by atoms with Crippen LogP contribution >= 0.6 is 0 Å². The first-order valence-corrected chi connectivity index (χ1v) is 22.3. The van der Waals surface area contributed by atoms with Gasteiger partial charge in [-0.05, 0) is 87.3 Å². The highest BCUT2D eigenvalue weighted by Crippen LogP contribution is 2.47. The van der Waals surface area contributed by atoms with Gasteiger partial charge in [0.2, 0.25) is 0 Å². The summed E-state index contributed by atoms with van der Waals surface area (Å²) in [5.74, 6) is -4.88. The molecular weight excluding hydrogens is 729 g/mol. The van der Waals surface area contributed by atoms with Crippen LogP contribution in [0.5, 0.6) is 0 Å². The quantitative estimate of drug-likeness (QED) is 0.0222. The molecule has 8 heteroatoms. The zero-order valence-corrected chi connectivity index (χ0v) is 34.9. The maximum Gasteiger partial charge on any atom is 0.336 e. The number of carbonyl (C=O) groups is 4. The van der Waals surface area contributed by atoms with Crippen molar-refractivity contribution in [1.29, 1.82) is 0 Å². The summed E-state index contributed by atoms with van der Waals surface area (Å²) in [6.45, 7) is 4.46. The maximum atomic E-state index is 13.5. The van der Waals surface area contributed by atoms with Gasteiger partial charge >= 0.3 is 23.9 Å². The van der Waals surface area contributed by atoms with Crippen LogP contribution in [0.4, 0.5) is 0 Å². The Morgan fingerprint density at radius 3 is 1.09 bits per heavy atom. The lowest BCUT2D eigenvalue weighted by Crippen LogP contribution is -2.13. The summed E-state index contributed by atoms with van der Waals surface area (Å²) in [5.41, 5.74) is 1.18. The van der Waals surface area contributed by atoms with Crippen LogP contribution in [0.2, 0.25) is 0 Å². The van der Waals surface area contributed by atoms with Crippen LogP contribution in [0.3, 0.4) is 0 Å². The number of aryl methyl sites for hydroxylation is 1. The number of fused-ring (bicyclic) bond motifs is 2. The minimum atomic E-state index is -1.25. The lowest BCUT2D eigenvalue weighted by molar-refractivity contribution is 0.0680. The molecule has 0 unspecified atom stereocenters. The highest BCUT2D eigenvalue weighted by molar-refractivity contribution is 6.39. The molecule has 0 amide bonds. The van der Waals surface area contributed by atoms with Gasteiger partial charge < -0.3 is 20.4 Å². The lowest BCUT2D eigenvalue weighted by Gasteiger charge is -2.24. The fourth-order valence-electron chi connectivity index (χ4n) is 9.43. The molecule has 5 aromatic carbocycles. The molecule has 0 radical (unpaired) electrons. The summed E-state index contributed by atoms with van der Waals surface area (Å²) in [4.78, 5) is 51.6. The molecule has 312 valence electrons. The van der Waals surface area contributed by atoms with Gasteiger partial charge in [0.05, 0.1) is 22.3 Å². The second-order valence-electron chi connectivity index (χ2n) is 16.5.